The van der Waals surface area contributed by atoms with Crippen molar-refractivity contribution >= 4 is 17.8 Å². The fraction of sp³-hybridized carbons (Fsp3) is 0.640. The zero-order chi connectivity index (χ0) is 26.0. The van der Waals surface area contributed by atoms with Crippen LogP contribution < -0.4 is 0 Å². The van der Waals surface area contributed by atoms with Gasteiger partial charge in [0.05, 0.1) is 17.9 Å². The topological polar surface area (TPSA) is 81.2 Å². The van der Waals surface area contributed by atoms with Crippen molar-refractivity contribution in [2.45, 2.75) is 44.8 Å². The Balaban J connectivity index is 0.000000429. The van der Waals surface area contributed by atoms with E-state index in [1.165, 1.54) is 0 Å². The number of rotatable bonds is 4. The quantitative estimate of drug-likeness (QED) is 0.692. The van der Waals surface area contributed by atoms with Gasteiger partial charge in [-0.1, -0.05) is 44.2 Å². The summed E-state index contributed by atoms with van der Waals surface area (Å²) in [5.74, 6) is -1.05. The Kier molecular flexibility index (Phi) is 8.14. The van der Waals surface area contributed by atoms with Crippen LogP contribution in [0.3, 0.4) is 0 Å². The van der Waals surface area contributed by atoms with E-state index in [4.69, 9.17) is 9.90 Å². The number of carboxylic acid groups (broad SMARTS) is 1. The van der Waals surface area contributed by atoms with Crippen LogP contribution in [-0.2, 0) is 20.8 Å². The van der Waals surface area contributed by atoms with Crippen LogP contribution in [0.4, 0.5) is 13.2 Å². The Hall–Kier alpha value is -2.62. The molecule has 1 aromatic rings. The van der Waals surface area contributed by atoms with Gasteiger partial charge in [-0.15, -0.1) is 0 Å². The molecular weight excluding hydrogens is 463 g/mol. The summed E-state index contributed by atoms with van der Waals surface area (Å²) in [4.78, 5) is 41.2. The summed E-state index contributed by atoms with van der Waals surface area (Å²) < 4.78 is 31.7. The number of aliphatic carboxylic acids is 1. The monoisotopic (exact) mass is 497 g/mol. The molecule has 3 saturated heterocycles. The minimum Gasteiger partial charge on any atom is -0.475 e. The lowest BCUT2D eigenvalue weighted by molar-refractivity contribution is -0.192. The van der Waals surface area contributed by atoms with Gasteiger partial charge in [0.2, 0.25) is 11.8 Å². The summed E-state index contributed by atoms with van der Waals surface area (Å²) in [5, 5.41) is 7.12. The summed E-state index contributed by atoms with van der Waals surface area (Å²) in [5.41, 5.74) is 1.01. The molecule has 1 aromatic carbocycles. The largest absolute Gasteiger partial charge is 0.490 e. The first-order valence-electron chi connectivity index (χ1n) is 12.0. The molecule has 3 aliphatic heterocycles. The number of hydrogen-bond acceptors (Lipinski definition) is 4. The molecule has 0 aliphatic carbocycles. The second-order valence-electron chi connectivity index (χ2n) is 10.2. The van der Waals surface area contributed by atoms with Crippen LogP contribution in [-0.4, -0.2) is 89.1 Å². The number of amides is 2. The standard InChI is InChI=1S/C23H33N3O2.C2HF3O2/c1-17(2)14-25-15-19-20(16-25)23(24(3)22(19)28)9-11-26(12-10-23)21(27)13-18-7-5-4-6-8-18;3-2(4,5)1(6)7/h4-8,17,19-20H,9-16H2,1-3H3;(H,6,7)/t19-,20+;/m0./s1. The van der Waals surface area contributed by atoms with Gasteiger partial charge < -0.3 is 19.8 Å². The number of carbonyl (C=O) groups excluding carboxylic acids is 2. The average molecular weight is 498 g/mol. The molecule has 10 heteroatoms. The molecular formula is C25H34F3N3O4. The number of nitrogens with zero attached hydrogens (tertiary/aromatic N) is 3. The molecule has 1 spiro atoms. The van der Waals surface area contributed by atoms with Gasteiger partial charge in [-0.05, 0) is 24.3 Å². The summed E-state index contributed by atoms with van der Waals surface area (Å²) in [6.07, 6.45) is -2.80. The normalized spacial score (nSPS) is 23.9. The lowest BCUT2D eigenvalue weighted by atomic mass is 9.75. The van der Waals surface area contributed by atoms with Crippen LogP contribution in [0.5, 0.6) is 0 Å². The van der Waals surface area contributed by atoms with Gasteiger partial charge in [-0.25, -0.2) is 4.79 Å². The van der Waals surface area contributed by atoms with Crippen LogP contribution >= 0.6 is 0 Å². The van der Waals surface area contributed by atoms with Crippen molar-refractivity contribution in [3.63, 3.8) is 0 Å². The molecule has 3 fully saturated rings. The van der Waals surface area contributed by atoms with Gasteiger partial charge >= 0.3 is 12.1 Å². The Morgan fingerprint density at radius 3 is 2.20 bits per heavy atom. The molecule has 35 heavy (non-hydrogen) atoms. The molecule has 194 valence electrons. The third kappa shape index (κ3) is 5.97. The van der Waals surface area contributed by atoms with E-state index in [-0.39, 0.29) is 17.4 Å². The fourth-order valence-corrected chi connectivity index (χ4v) is 5.79. The number of hydrogen-bond donors (Lipinski definition) is 1. The van der Waals surface area contributed by atoms with Crippen molar-refractivity contribution in [1.82, 2.24) is 14.7 Å². The third-order valence-electron chi connectivity index (χ3n) is 7.45. The van der Waals surface area contributed by atoms with E-state index < -0.39 is 12.1 Å². The number of likely N-dealkylation sites (tertiary alicyclic amines) is 3. The van der Waals surface area contributed by atoms with E-state index in [0.29, 0.717) is 24.2 Å². The minimum atomic E-state index is -5.08. The van der Waals surface area contributed by atoms with E-state index in [0.717, 1.165) is 51.1 Å². The van der Waals surface area contributed by atoms with Gasteiger partial charge in [0.25, 0.3) is 0 Å². The molecule has 0 aromatic heterocycles. The highest BCUT2D eigenvalue weighted by Crippen LogP contribution is 2.49. The highest BCUT2D eigenvalue weighted by Gasteiger charge is 2.60. The fourth-order valence-electron chi connectivity index (χ4n) is 5.79. The van der Waals surface area contributed by atoms with Crippen LogP contribution in [0.2, 0.25) is 0 Å². The molecule has 1 N–H and O–H groups in total. The molecule has 2 atom stereocenters. The van der Waals surface area contributed by atoms with Crippen molar-refractivity contribution in [3.8, 4) is 0 Å². The first kappa shape index (κ1) is 27.0. The Labute approximate surface area is 203 Å². The second kappa shape index (κ2) is 10.6. The molecule has 3 heterocycles. The summed E-state index contributed by atoms with van der Waals surface area (Å²) >= 11 is 0. The van der Waals surface area contributed by atoms with Crippen molar-refractivity contribution in [2.24, 2.45) is 17.8 Å². The first-order valence-corrected chi connectivity index (χ1v) is 12.0. The Morgan fingerprint density at radius 1 is 1.11 bits per heavy atom. The third-order valence-corrected chi connectivity index (χ3v) is 7.45. The van der Waals surface area contributed by atoms with Gasteiger partial charge in [-0.2, -0.15) is 13.2 Å². The number of halogens is 3. The number of alkyl halides is 3. The summed E-state index contributed by atoms with van der Waals surface area (Å²) in [7, 11) is 1.99. The van der Waals surface area contributed by atoms with Gasteiger partial charge in [0, 0.05) is 45.7 Å². The number of carbonyl (C=O) groups is 3. The lowest BCUT2D eigenvalue weighted by Crippen LogP contribution is -2.56. The number of fused-ring (bicyclic) bond motifs is 2. The van der Waals surface area contributed by atoms with E-state index in [2.05, 4.69) is 18.7 Å². The second-order valence-corrected chi connectivity index (χ2v) is 10.2. The zero-order valence-electron chi connectivity index (χ0n) is 20.4. The van der Waals surface area contributed by atoms with Gasteiger partial charge in [-0.3, -0.25) is 9.59 Å². The maximum Gasteiger partial charge on any atom is 0.490 e. The first-order chi connectivity index (χ1) is 16.3. The predicted octanol–water partition coefficient (Wildman–Crippen LogP) is 2.90. The highest BCUT2D eigenvalue weighted by atomic mass is 19.4. The molecule has 4 rings (SSSR count). The molecule has 7 nitrogen and oxygen atoms in total. The van der Waals surface area contributed by atoms with Crippen LogP contribution in [0.1, 0.15) is 32.3 Å². The van der Waals surface area contributed by atoms with Crippen molar-refractivity contribution in [3.05, 3.63) is 35.9 Å². The van der Waals surface area contributed by atoms with Crippen molar-refractivity contribution < 1.29 is 32.7 Å². The number of carboxylic acids is 1. The summed E-state index contributed by atoms with van der Waals surface area (Å²) in [6.45, 7) is 9.01. The molecule has 0 bridgehead atoms. The van der Waals surface area contributed by atoms with Crippen molar-refractivity contribution in [1.29, 1.82) is 0 Å². The molecule has 3 aliphatic rings. The summed E-state index contributed by atoms with van der Waals surface area (Å²) in [6, 6.07) is 9.97. The van der Waals surface area contributed by atoms with Gasteiger partial charge in [0.15, 0.2) is 0 Å². The van der Waals surface area contributed by atoms with Crippen LogP contribution in [0.15, 0.2) is 30.3 Å². The van der Waals surface area contributed by atoms with E-state index in [9.17, 15) is 22.8 Å². The molecule has 0 saturated carbocycles. The van der Waals surface area contributed by atoms with E-state index in [1.807, 2.05) is 47.2 Å². The minimum absolute atomic E-state index is 0.0585. The maximum absolute atomic E-state index is 13.0. The lowest BCUT2D eigenvalue weighted by Gasteiger charge is -2.46. The van der Waals surface area contributed by atoms with Gasteiger partial charge in [0.1, 0.15) is 0 Å². The molecule has 0 unspecified atom stereocenters. The average Bonchev–Trinajstić information content (AvgIpc) is 3.28. The molecule has 0 radical (unpaired) electrons. The SMILES string of the molecule is CC(C)CN1C[C@@H]2C(=O)N(C)C3(CCN(C(=O)Cc4ccccc4)CC3)[C@@H]2C1.O=C(O)C(F)(F)F. The zero-order valence-corrected chi connectivity index (χ0v) is 20.4. The smallest absolute Gasteiger partial charge is 0.475 e. The number of benzene rings is 1. The van der Waals surface area contributed by atoms with E-state index in [1.54, 1.807) is 0 Å². The predicted molar refractivity (Wildman–Crippen MR) is 123 cm³/mol. The number of piperidine rings is 1. The van der Waals surface area contributed by atoms with E-state index >= 15 is 0 Å². The maximum atomic E-state index is 13.0. The molecule has 2 amide bonds. The highest BCUT2D eigenvalue weighted by molar-refractivity contribution is 5.84. The van der Waals surface area contributed by atoms with Crippen LogP contribution in [0.25, 0.3) is 0 Å². The Morgan fingerprint density at radius 2 is 1.69 bits per heavy atom. The van der Waals surface area contributed by atoms with Crippen molar-refractivity contribution in [2.75, 3.05) is 39.8 Å². The van der Waals surface area contributed by atoms with Crippen LogP contribution in [0, 0.1) is 17.8 Å². The Bertz CT molecular complexity index is 914.